The van der Waals surface area contributed by atoms with Crippen LogP contribution in [-0.2, 0) is 15.3 Å². The largest absolute Gasteiger partial charge is 0.507 e. The molecular formula is C29H24ClN3O4S2. The van der Waals surface area contributed by atoms with Crippen molar-refractivity contribution in [1.82, 2.24) is 10.2 Å². The van der Waals surface area contributed by atoms with Crippen molar-refractivity contribution in [3.05, 3.63) is 105 Å². The van der Waals surface area contributed by atoms with E-state index in [1.54, 1.807) is 37.4 Å². The molecule has 1 aromatic heterocycles. The summed E-state index contributed by atoms with van der Waals surface area (Å²) in [7, 11) is 1.56. The van der Waals surface area contributed by atoms with E-state index in [9.17, 15) is 14.7 Å². The van der Waals surface area contributed by atoms with Gasteiger partial charge in [0.2, 0.25) is 5.13 Å². The average molecular weight is 578 g/mol. The van der Waals surface area contributed by atoms with Crippen LogP contribution in [0, 0.1) is 13.8 Å². The molecule has 1 atom stereocenters. The second kappa shape index (κ2) is 11.2. The monoisotopic (exact) mass is 577 g/mol. The first-order valence-corrected chi connectivity index (χ1v) is 14.2. The number of amides is 1. The Hall–Kier alpha value is -3.66. The number of carbonyl (C=O) groups is 2. The number of ketones is 1. The number of nitrogens with zero attached hydrogens (tertiary/aromatic N) is 3. The molecule has 0 saturated carbocycles. The first-order chi connectivity index (χ1) is 18.8. The predicted molar refractivity (Wildman–Crippen MR) is 155 cm³/mol. The first-order valence-electron chi connectivity index (χ1n) is 12.0. The lowest BCUT2D eigenvalue weighted by atomic mass is 9.93. The van der Waals surface area contributed by atoms with E-state index in [0.717, 1.165) is 16.7 Å². The average Bonchev–Trinajstić information content (AvgIpc) is 3.51. The van der Waals surface area contributed by atoms with E-state index < -0.39 is 17.7 Å². The smallest absolute Gasteiger partial charge is 0.301 e. The molecule has 0 spiro atoms. The van der Waals surface area contributed by atoms with Crippen LogP contribution in [0.25, 0.3) is 5.76 Å². The van der Waals surface area contributed by atoms with Crippen LogP contribution >= 0.6 is 34.7 Å². The van der Waals surface area contributed by atoms with Crippen LogP contribution in [0.5, 0.6) is 5.75 Å². The molecule has 0 radical (unpaired) electrons. The molecule has 5 rings (SSSR count). The summed E-state index contributed by atoms with van der Waals surface area (Å²) in [4.78, 5) is 28.2. The van der Waals surface area contributed by atoms with E-state index in [-0.39, 0.29) is 16.5 Å². The van der Waals surface area contributed by atoms with E-state index >= 15 is 0 Å². The van der Waals surface area contributed by atoms with Crippen molar-refractivity contribution in [1.29, 1.82) is 0 Å². The minimum absolute atomic E-state index is 0.00411. The minimum atomic E-state index is -0.891. The van der Waals surface area contributed by atoms with Gasteiger partial charge in [0.15, 0.2) is 4.34 Å². The van der Waals surface area contributed by atoms with Gasteiger partial charge in [0, 0.05) is 16.3 Å². The van der Waals surface area contributed by atoms with Gasteiger partial charge in [-0.1, -0.05) is 76.7 Å². The Kier molecular flexibility index (Phi) is 7.74. The second-order valence-electron chi connectivity index (χ2n) is 9.03. The summed E-state index contributed by atoms with van der Waals surface area (Å²) in [5.74, 6) is -0.506. The maximum absolute atomic E-state index is 13.5. The highest BCUT2D eigenvalue weighted by Gasteiger charge is 2.48. The molecule has 3 aromatic carbocycles. The Morgan fingerprint density at radius 1 is 1.05 bits per heavy atom. The number of hydrogen-bond donors (Lipinski definition) is 1. The molecule has 1 fully saturated rings. The molecule has 1 saturated heterocycles. The van der Waals surface area contributed by atoms with E-state index in [2.05, 4.69) is 10.2 Å². The van der Waals surface area contributed by atoms with Gasteiger partial charge in [-0.3, -0.25) is 14.5 Å². The fourth-order valence-corrected chi connectivity index (χ4v) is 6.30. The number of ether oxygens (including phenoxy) is 1. The summed E-state index contributed by atoms with van der Waals surface area (Å²) in [6.45, 7) is 3.75. The molecule has 1 N–H and O–H groups in total. The highest BCUT2D eigenvalue weighted by atomic mass is 35.5. The summed E-state index contributed by atoms with van der Waals surface area (Å²) >= 11 is 8.67. The zero-order valence-corrected chi connectivity index (χ0v) is 23.7. The molecule has 198 valence electrons. The quantitative estimate of drug-likeness (QED) is 0.0855. The van der Waals surface area contributed by atoms with Crippen LogP contribution in [0.1, 0.15) is 33.9 Å². The number of halogens is 1. The number of rotatable bonds is 7. The van der Waals surface area contributed by atoms with Crippen LogP contribution in [-0.4, -0.2) is 34.1 Å². The molecule has 1 aliphatic heterocycles. The topological polar surface area (TPSA) is 92.6 Å². The molecule has 10 heteroatoms. The summed E-state index contributed by atoms with van der Waals surface area (Å²) in [6, 6.07) is 19.3. The molecule has 0 bridgehead atoms. The molecule has 7 nitrogen and oxygen atoms in total. The molecule has 4 aromatic rings. The van der Waals surface area contributed by atoms with Crippen molar-refractivity contribution in [3.8, 4) is 5.75 Å². The fourth-order valence-electron chi connectivity index (χ4n) is 4.35. The number of anilines is 1. The number of thioether (sulfide) groups is 1. The Morgan fingerprint density at radius 2 is 1.77 bits per heavy atom. The standard InChI is InChI=1S/C29H24ClN3O4S2/c1-16-4-5-17(2)22(14-16)25(34)23-24(19-8-12-21(37-3)13-9-19)33(27(36)26(23)35)28-31-32-29(39-28)38-15-18-6-10-20(30)11-7-18/h4-14,24,34H,15H2,1-3H3/b25-23+. The normalized spacial score (nSPS) is 16.6. The number of aromatic nitrogens is 2. The molecule has 2 heterocycles. The number of aliphatic hydroxyl groups excluding tert-OH is 1. The number of methoxy groups -OCH3 is 1. The Labute approximate surface area is 239 Å². The third kappa shape index (κ3) is 5.43. The third-order valence-corrected chi connectivity index (χ3v) is 8.78. The number of benzene rings is 3. The highest BCUT2D eigenvalue weighted by Crippen LogP contribution is 2.44. The SMILES string of the molecule is COc1ccc(C2/C(=C(\O)c3cc(C)ccc3C)C(=O)C(=O)N2c2nnc(SCc3ccc(Cl)cc3)s2)cc1. The number of aliphatic hydroxyl groups is 1. The van der Waals surface area contributed by atoms with E-state index in [1.807, 2.05) is 50.2 Å². The van der Waals surface area contributed by atoms with E-state index in [0.29, 0.717) is 32.0 Å². The summed E-state index contributed by atoms with van der Waals surface area (Å²) in [6.07, 6.45) is 0. The van der Waals surface area contributed by atoms with Gasteiger partial charge in [-0.05, 0) is 60.9 Å². The number of carbonyl (C=O) groups excluding carboxylic acids is 2. The zero-order valence-electron chi connectivity index (χ0n) is 21.3. The third-order valence-electron chi connectivity index (χ3n) is 6.40. The van der Waals surface area contributed by atoms with Crippen molar-refractivity contribution in [2.45, 2.75) is 30.0 Å². The lowest BCUT2D eigenvalue weighted by molar-refractivity contribution is -0.132. The van der Waals surface area contributed by atoms with Gasteiger partial charge in [0.25, 0.3) is 5.78 Å². The Bertz CT molecular complexity index is 1580. The minimum Gasteiger partial charge on any atom is -0.507 e. The van der Waals surface area contributed by atoms with Crippen molar-refractivity contribution < 1.29 is 19.4 Å². The lowest BCUT2D eigenvalue weighted by Crippen LogP contribution is -2.29. The maximum Gasteiger partial charge on any atom is 0.301 e. The molecular weight excluding hydrogens is 554 g/mol. The van der Waals surface area contributed by atoms with Gasteiger partial charge < -0.3 is 9.84 Å². The number of hydrogen-bond acceptors (Lipinski definition) is 8. The van der Waals surface area contributed by atoms with Crippen LogP contribution in [0.3, 0.4) is 0 Å². The van der Waals surface area contributed by atoms with Gasteiger partial charge in [0.1, 0.15) is 11.5 Å². The van der Waals surface area contributed by atoms with E-state index in [1.165, 1.54) is 28.0 Å². The van der Waals surface area contributed by atoms with Crippen LogP contribution < -0.4 is 9.64 Å². The fraction of sp³-hybridized carbons (Fsp3) is 0.172. The van der Waals surface area contributed by atoms with Gasteiger partial charge in [0.05, 0.1) is 18.7 Å². The maximum atomic E-state index is 13.5. The van der Waals surface area contributed by atoms with Crippen molar-refractivity contribution in [2.75, 3.05) is 12.0 Å². The molecule has 39 heavy (non-hydrogen) atoms. The van der Waals surface area contributed by atoms with Gasteiger partial charge in [-0.25, -0.2) is 0 Å². The first kappa shape index (κ1) is 26.9. The van der Waals surface area contributed by atoms with E-state index in [4.69, 9.17) is 16.3 Å². The van der Waals surface area contributed by atoms with Gasteiger partial charge in [-0.2, -0.15) is 0 Å². The molecule has 0 aliphatic carbocycles. The van der Waals surface area contributed by atoms with Gasteiger partial charge in [-0.15, -0.1) is 10.2 Å². The van der Waals surface area contributed by atoms with Crippen LogP contribution in [0.2, 0.25) is 5.02 Å². The molecule has 1 amide bonds. The van der Waals surface area contributed by atoms with Crippen LogP contribution in [0.15, 0.2) is 76.6 Å². The number of aryl methyl sites for hydroxylation is 2. The summed E-state index contributed by atoms with van der Waals surface area (Å²) in [5, 5.41) is 20.9. The lowest BCUT2D eigenvalue weighted by Gasteiger charge is -2.23. The Balaban J connectivity index is 1.56. The predicted octanol–water partition coefficient (Wildman–Crippen LogP) is 6.74. The Morgan fingerprint density at radius 3 is 2.46 bits per heavy atom. The van der Waals surface area contributed by atoms with Crippen molar-refractivity contribution >= 4 is 57.3 Å². The summed E-state index contributed by atoms with van der Waals surface area (Å²) < 4.78 is 5.94. The highest BCUT2D eigenvalue weighted by molar-refractivity contribution is 8.00. The van der Waals surface area contributed by atoms with Crippen molar-refractivity contribution in [3.63, 3.8) is 0 Å². The van der Waals surface area contributed by atoms with Gasteiger partial charge >= 0.3 is 5.91 Å². The van der Waals surface area contributed by atoms with Crippen LogP contribution in [0.4, 0.5) is 5.13 Å². The number of Topliss-reactive ketones (excluding diaryl/α,β-unsaturated/α-hetero) is 1. The molecule has 1 unspecified atom stereocenters. The van der Waals surface area contributed by atoms with Crippen molar-refractivity contribution in [2.24, 2.45) is 0 Å². The molecule has 1 aliphatic rings. The summed E-state index contributed by atoms with van der Waals surface area (Å²) in [5.41, 5.74) is 3.91. The second-order valence-corrected chi connectivity index (χ2v) is 11.6. The zero-order chi connectivity index (χ0) is 27.7.